The smallest absolute Gasteiger partial charge is 0.274 e. The lowest BCUT2D eigenvalue weighted by atomic mass is 10.0. The molecule has 0 saturated carbocycles. The van der Waals surface area contributed by atoms with Crippen LogP contribution < -0.4 is 5.32 Å². The van der Waals surface area contributed by atoms with E-state index < -0.39 is 0 Å². The number of benzene rings is 1. The number of carbonyl (C=O) groups excluding carboxylic acids is 2. The normalized spacial score (nSPS) is 17.5. The zero-order chi connectivity index (χ0) is 16.9. The predicted octanol–water partition coefficient (Wildman–Crippen LogP) is 2.47. The van der Waals surface area contributed by atoms with Crippen LogP contribution >= 0.6 is 11.3 Å². The molecular formula is C18H21N3O2S. The van der Waals surface area contributed by atoms with Gasteiger partial charge in [-0.1, -0.05) is 30.3 Å². The van der Waals surface area contributed by atoms with Gasteiger partial charge in [-0.2, -0.15) is 0 Å². The van der Waals surface area contributed by atoms with Gasteiger partial charge in [0.1, 0.15) is 11.7 Å². The second-order valence-corrected chi connectivity index (χ2v) is 6.86. The first-order valence-corrected chi connectivity index (χ1v) is 9.08. The van der Waals surface area contributed by atoms with Crippen molar-refractivity contribution < 1.29 is 9.59 Å². The van der Waals surface area contributed by atoms with Crippen LogP contribution in [0.4, 0.5) is 0 Å². The highest BCUT2D eigenvalue weighted by atomic mass is 32.1. The summed E-state index contributed by atoms with van der Waals surface area (Å²) in [6.45, 7) is 0.614. The lowest BCUT2D eigenvalue weighted by Gasteiger charge is -2.33. The third-order valence-corrected chi connectivity index (χ3v) is 5.13. The molecule has 1 unspecified atom stereocenters. The number of nitrogens with zero attached hydrogens (tertiary/aromatic N) is 2. The van der Waals surface area contributed by atoms with Crippen LogP contribution in [0.5, 0.6) is 0 Å². The summed E-state index contributed by atoms with van der Waals surface area (Å²) in [5.41, 5.74) is 1.62. The molecule has 126 valence electrons. The summed E-state index contributed by atoms with van der Waals surface area (Å²) in [6.07, 6.45) is 3.34. The summed E-state index contributed by atoms with van der Waals surface area (Å²) in [5.74, 6) is -0.235. The summed E-state index contributed by atoms with van der Waals surface area (Å²) in [6, 6.07) is 9.70. The average Bonchev–Trinajstić information content (AvgIpc) is 3.09. The molecule has 1 aliphatic heterocycles. The van der Waals surface area contributed by atoms with Gasteiger partial charge in [-0.3, -0.25) is 9.59 Å². The van der Waals surface area contributed by atoms with Crippen molar-refractivity contribution in [2.45, 2.75) is 31.7 Å². The molecule has 0 aliphatic carbocycles. The molecule has 1 atom stereocenters. The molecule has 2 heterocycles. The number of piperidine rings is 1. The molecule has 1 aromatic carbocycles. The first-order chi connectivity index (χ1) is 11.7. The van der Waals surface area contributed by atoms with E-state index in [2.05, 4.69) is 22.4 Å². The number of likely N-dealkylation sites (tertiary alicyclic amines) is 1. The van der Waals surface area contributed by atoms with Crippen molar-refractivity contribution in [2.24, 2.45) is 0 Å². The third kappa shape index (κ3) is 3.64. The first kappa shape index (κ1) is 16.6. The Morgan fingerprint density at radius 2 is 2.08 bits per heavy atom. The first-order valence-electron chi connectivity index (χ1n) is 8.20. The number of amides is 2. The van der Waals surface area contributed by atoms with E-state index >= 15 is 0 Å². The van der Waals surface area contributed by atoms with Gasteiger partial charge in [-0.15, -0.1) is 11.3 Å². The Bertz CT molecular complexity index is 714. The minimum absolute atomic E-state index is 0.0946. The molecule has 6 heteroatoms. The van der Waals surface area contributed by atoms with Crippen LogP contribution in [0.25, 0.3) is 0 Å². The van der Waals surface area contributed by atoms with Gasteiger partial charge in [0.15, 0.2) is 0 Å². The maximum absolute atomic E-state index is 12.8. The zero-order valence-corrected chi connectivity index (χ0v) is 14.5. The highest BCUT2D eigenvalue weighted by molar-refractivity contribution is 7.09. The Morgan fingerprint density at radius 1 is 1.29 bits per heavy atom. The molecule has 1 fully saturated rings. The van der Waals surface area contributed by atoms with Crippen LogP contribution in [0.3, 0.4) is 0 Å². The minimum Gasteiger partial charge on any atom is -0.357 e. The number of likely N-dealkylation sites (N-methyl/N-ethyl adjacent to an activating group) is 1. The van der Waals surface area contributed by atoms with E-state index in [0.29, 0.717) is 18.7 Å². The van der Waals surface area contributed by atoms with Crippen molar-refractivity contribution in [3.8, 4) is 0 Å². The molecule has 1 aliphatic rings. The van der Waals surface area contributed by atoms with E-state index in [4.69, 9.17) is 0 Å². The monoisotopic (exact) mass is 343 g/mol. The zero-order valence-electron chi connectivity index (χ0n) is 13.7. The molecule has 5 nitrogen and oxygen atoms in total. The summed E-state index contributed by atoms with van der Waals surface area (Å²) in [4.78, 5) is 31.0. The molecular weight excluding hydrogens is 322 g/mol. The molecule has 3 rings (SSSR count). The number of nitrogens with one attached hydrogen (secondary N) is 1. The minimum atomic E-state index is -0.379. The maximum Gasteiger partial charge on any atom is 0.274 e. The molecule has 1 N–H and O–H groups in total. The number of aromatic nitrogens is 1. The van der Waals surface area contributed by atoms with Crippen molar-refractivity contribution in [3.63, 3.8) is 0 Å². The van der Waals surface area contributed by atoms with Gasteiger partial charge < -0.3 is 10.2 Å². The fourth-order valence-electron chi connectivity index (χ4n) is 3.02. The van der Waals surface area contributed by atoms with E-state index in [1.54, 1.807) is 17.3 Å². The molecule has 1 aromatic heterocycles. The quantitative estimate of drug-likeness (QED) is 0.928. The Labute approximate surface area is 145 Å². The van der Waals surface area contributed by atoms with Gasteiger partial charge in [-0.05, 0) is 24.8 Å². The lowest BCUT2D eigenvalue weighted by molar-refractivity contribution is -0.126. The summed E-state index contributed by atoms with van der Waals surface area (Å²) >= 11 is 1.49. The van der Waals surface area contributed by atoms with Crippen molar-refractivity contribution in [1.82, 2.24) is 15.2 Å². The molecule has 0 radical (unpaired) electrons. The van der Waals surface area contributed by atoms with Crippen molar-refractivity contribution in [1.29, 1.82) is 0 Å². The molecule has 2 amide bonds. The highest BCUT2D eigenvalue weighted by Gasteiger charge is 2.32. The lowest BCUT2D eigenvalue weighted by Crippen LogP contribution is -2.51. The fraction of sp³-hybridized carbons (Fsp3) is 0.389. The van der Waals surface area contributed by atoms with Gasteiger partial charge in [-0.25, -0.2) is 4.98 Å². The highest BCUT2D eigenvalue weighted by Crippen LogP contribution is 2.22. The SMILES string of the molecule is CNC(=O)C1CCCCN1C(=O)c1csc(Cc2ccccc2)n1. The Kier molecular flexibility index (Phi) is 5.25. The molecule has 1 saturated heterocycles. The maximum atomic E-state index is 12.8. The van der Waals surface area contributed by atoms with Gasteiger partial charge in [0.2, 0.25) is 5.91 Å². The topological polar surface area (TPSA) is 62.3 Å². The fourth-order valence-corrected chi connectivity index (χ4v) is 3.82. The summed E-state index contributed by atoms with van der Waals surface area (Å²) < 4.78 is 0. The second kappa shape index (κ2) is 7.57. The standard InChI is InChI=1S/C18H21N3O2S/c1-19-17(22)15-9-5-6-10-21(15)18(23)14-12-24-16(20-14)11-13-7-3-2-4-8-13/h2-4,7-8,12,15H,5-6,9-11H2,1H3,(H,19,22). The Hall–Kier alpha value is -2.21. The predicted molar refractivity (Wildman–Crippen MR) is 94.1 cm³/mol. The summed E-state index contributed by atoms with van der Waals surface area (Å²) in [5, 5.41) is 5.37. The molecule has 0 bridgehead atoms. The van der Waals surface area contributed by atoms with Gasteiger partial charge in [0.05, 0.1) is 5.01 Å². The number of thiazole rings is 1. The van der Waals surface area contributed by atoms with Crippen LogP contribution in [0, 0.1) is 0 Å². The average molecular weight is 343 g/mol. The van der Waals surface area contributed by atoms with Crippen LogP contribution in [-0.4, -0.2) is 41.3 Å². The van der Waals surface area contributed by atoms with Gasteiger partial charge in [0.25, 0.3) is 5.91 Å². The van der Waals surface area contributed by atoms with Crippen molar-refractivity contribution in [3.05, 3.63) is 52.0 Å². The van der Waals surface area contributed by atoms with Crippen LogP contribution in [0.2, 0.25) is 0 Å². The molecule has 2 aromatic rings. The second-order valence-electron chi connectivity index (χ2n) is 5.91. The van der Waals surface area contributed by atoms with E-state index in [1.807, 2.05) is 18.2 Å². The Morgan fingerprint density at radius 3 is 2.83 bits per heavy atom. The van der Waals surface area contributed by atoms with E-state index in [-0.39, 0.29) is 17.9 Å². The largest absolute Gasteiger partial charge is 0.357 e. The van der Waals surface area contributed by atoms with Crippen LogP contribution in [-0.2, 0) is 11.2 Å². The van der Waals surface area contributed by atoms with E-state index in [9.17, 15) is 9.59 Å². The van der Waals surface area contributed by atoms with E-state index in [0.717, 1.165) is 24.3 Å². The Balaban J connectivity index is 1.73. The van der Waals surface area contributed by atoms with E-state index in [1.165, 1.54) is 16.9 Å². The van der Waals surface area contributed by atoms with Crippen LogP contribution in [0.1, 0.15) is 40.3 Å². The van der Waals surface area contributed by atoms with Gasteiger partial charge >= 0.3 is 0 Å². The van der Waals surface area contributed by atoms with Crippen molar-refractivity contribution >= 4 is 23.2 Å². The van der Waals surface area contributed by atoms with Crippen molar-refractivity contribution in [2.75, 3.05) is 13.6 Å². The van der Waals surface area contributed by atoms with Crippen LogP contribution in [0.15, 0.2) is 35.7 Å². The number of hydrogen-bond donors (Lipinski definition) is 1. The molecule has 24 heavy (non-hydrogen) atoms. The third-order valence-electron chi connectivity index (χ3n) is 4.28. The summed E-state index contributed by atoms with van der Waals surface area (Å²) in [7, 11) is 1.61. The number of hydrogen-bond acceptors (Lipinski definition) is 4. The number of rotatable bonds is 4. The molecule has 0 spiro atoms. The number of carbonyl (C=O) groups is 2. The van der Waals surface area contributed by atoms with Gasteiger partial charge in [0, 0.05) is 25.4 Å².